The van der Waals surface area contributed by atoms with Crippen LogP contribution in [0.2, 0.25) is 0 Å². The molecule has 0 radical (unpaired) electrons. The molecule has 0 aliphatic carbocycles. The second kappa shape index (κ2) is 10.5. The van der Waals surface area contributed by atoms with Crippen molar-refractivity contribution in [3.8, 4) is 0 Å². The first-order valence-electron chi connectivity index (χ1n) is 11.6. The fourth-order valence-electron chi connectivity index (χ4n) is 4.04. The summed E-state index contributed by atoms with van der Waals surface area (Å²) in [6.07, 6.45) is 9.45. The van der Waals surface area contributed by atoms with Crippen LogP contribution in [-0.2, 0) is 11.3 Å². The molecule has 1 aliphatic rings. The van der Waals surface area contributed by atoms with Gasteiger partial charge < -0.3 is 15.6 Å². The number of fused-ring (bicyclic) bond motifs is 1. The van der Waals surface area contributed by atoms with E-state index >= 15 is 0 Å². The van der Waals surface area contributed by atoms with Crippen molar-refractivity contribution in [2.75, 3.05) is 11.9 Å². The number of benzene rings is 2. The summed E-state index contributed by atoms with van der Waals surface area (Å²) in [6.45, 7) is 0.0680. The van der Waals surface area contributed by atoms with Crippen LogP contribution in [0.25, 0.3) is 17.7 Å². The third-order valence-electron chi connectivity index (χ3n) is 5.92. The molecule has 0 saturated heterocycles. The molecular weight excluding hydrogens is 492 g/mol. The summed E-state index contributed by atoms with van der Waals surface area (Å²) in [5.74, 6) is -2.82. The van der Waals surface area contributed by atoms with E-state index in [0.29, 0.717) is 16.8 Å². The molecule has 0 saturated carbocycles. The summed E-state index contributed by atoms with van der Waals surface area (Å²) in [6, 6.07) is 12.6. The average Bonchev–Trinajstić information content (AvgIpc) is 3.53. The predicted molar refractivity (Wildman–Crippen MR) is 139 cm³/mol. The van der Waals surface area contributed by atoms with E-state index in [-0.39, 0.29) is 24.6 Å². The summed E-state index contributed by atoms with van der Waals surface area (Å²) >= 11 is 0. The second-order valence-electron chi connectivity index (χ2n) is 8.54. The Hall–Kier alpha value is -5.12. The number of aromatic nitrogens is 3. The quantitative estimate of drug-likeness (QED) is 0.326. The first-order chi connectivity index (χ1) is 18.4. The number of carbonyl (C=O) groups is 2. The van der Waals surface area contributed by atoms with Crippen molar-refractivity contribution in [1.82, 2.24) is 19.9 Å². The molecular formula is C28H21F2N5O3. The molecule has 2 aromatic heterocycles. The number of amides is 2. The van der Waals surface area contributed by atoms with Crippen LogP contribution in [0.1, 0.15) is 32.7 Å². The number of halogens is 2. The first kappa shape index (κ1) is 24.6. The molecule has 2 amide bonds. The van der Waals surface area contributed by atoms with Crippen LogP contribution in [-0.4, -0.2) is 32.9 Å². The zero-order valence-corrected chi connectivity index (χ0v) is 19.9. The highest BCUT2D eigenvalue weighted by molar-refractivity contribution is 6.34. The molecule has 3 N–H and O–H groups in total. The van der Waals surface area contributed by atoms with Gasteiger partial charge in [0, 0.05) is 35.9 Å². The van der Waals surface area contributed by atoms with Crippen LogP contribution in [0.3, 0.4) is 0 Å². The monoisotopic (exact) mass is 513 g/mol. The minimum atomic E-state index is -1.02. The number of rotatable bonds is 7. The largest absolute Gasteiger partial charge is 0.362 e. The van der Waals surface area contributed by atoms with Gasteiger partial charge >= 0.3 is 0 Å². The summed E-state index contributed by atoms with van der Waals surface area (Å²) < 4.78 is 27.8. The number of carbonyl (C=O) groups excluding carboxylic acids is 2. The van der Waals surface area contributed by atoms with Gasteiger partial charge in [-0.1, -0.05) is 30.4 Å². The van der Waals surface area contributed by atoms with E-state index < -0.39 is 23.1 Å². The van der Waals surface area contributed by atoms with E-state index in [4.69, 9.17) is 0 Å². The summed E-state index contributed by atoms with van der Waals surface area (Å²) in [4.78, 5) is 44.7. The lowest BCUT2D eigenvalue weighted by molar-refractivity contribution is -0.110. The summed E-state index contributed by atoms with van der Waals surface area (Å²) in [5.41, 5.74) is 3.26. The van der Waals surface area contributed by atoms with E-state index in [1.807, 2.05) is 30.3 Å². The maximum atomic E-state index is 13.5. The van der Waals surface area contributed by atoms with Gasteiger partial charge in [0.05, 0.1) is 18.4 Å². The number of anilines is 1. The Morgan fingerprint density at radius 1 is 1.08 bits per heavy atom. The standard InChI is InChI=1S/C28H21F2N5O3/c29-23-8-6-18(11-24(23)30)15-35-16-31-14-22(28(35)38)26(36)33-10-1-3-17-5-7-20-21(13-19-4-2-9-32-19)27(37)34-25(20)12-17/h1-9,11-14,16,32H,10,15H2,(H,33,36)(H,34,37)/b3-1+,21-13+. The van der Waals surface area contributed by atoms with Crippen LogP contribution in [0.5, 0.6) is 0 Å². The molecule has 0 atom stereocenters. The summed E-state index contributed by atoms with van der Waals surface area (Å²) in [7, 11) is 0. The van der Waals surface area contributed by atoms with E-state index in [2.05, 4.69) is 20.6 Å². The summed E-state index contributed by atoms with van der Waals surface area (Å²) in [5, 5.41) is 5.49. The minimum Gasteiger partial charge on any atom is -0.362 e. The lowest BCUT2D eigenvalue weighted by Crippen LogP contribution is -2.33. The van der Waals surface area contributed by atoms with Gasteiger partial charge in [-0.25, -0.2) is 13.8 Å². The highest BCUT2D eigenvalue weighted by atomic mass is 19.2. The van der Waals surface area contributed by atoms with Crippen molar-refractivity contribution in [2.45, 2.75) is 6.54 Å². The third kappa shape index (κ3) is 5.19. The Kier molecular flexibility index (Phi) is 6.77. The molecule has 4 aromatic rings. The maximum Gasteiger partial charge on any atom is 0.266 e. The Morgan fingerprint density at radius 3 is 2.74 bits per heavy atom. The second-order valence-corrected chi connectivity index (χ2v) is 8.54. The van der Waals surface area contributed by atoms with Gasteiger partial charge in [-0.2, -0.15) is 0 Å². The van der Waals surface area contributed by atoms with Crippen molar-refractivity contribution >= 4 is 35.2 Å². The van der Waals surface area contributed by atoms with Crippen molar-refractivity contribution in [3.05, 3.63) is 123 Å². The Bertz CT molecular complexity index is 1660. The highest BCUT2D eigenvalue weighted by Gasteiger charge is 2.24. The van der Waals surface area contributed by atoms with Gasteiger partial charge in [0.2, 0.25) is 0 Å². The SMILES string of the molecule is O=C1Nc2cc(/C=C/CNC(=O)c3cncn(Cc4ccc(F)c(F)c4)c3=O)ccc2/C1=C\c1ccc[nH]1. The predicted octanol–water partition coefficient (Wildman–Crippen LogP) is 3.83. The van der Waals surface area contributed by atoms with Gasteiger partial charge in [-0.3, -0.25) is 19.0 Å². The first-order valence-corrected chi connectivity index (χ1v) is 11.6. The smallest absolute Gasteiger partial charge is 0.266 e. The molecule has 10 heteroatoms. The average molecular weight is 514 g/mol. The molecule has 1 aliphatic heterocycles. The zero-order chi connectivity index (χ0) is 26.6. The lowest BCUT2D eigenvalue weighted by Gasteiger charge is -2.08. The zero-order valence-electron chi connectivity index (χ0n) is 19.9. The molecule has 190 valence electrons. The Labute approximate surface area is 215 Å². The van der Waals surface area contributed by atoms with E-state index in [0.717, 1.165) is 39.7 Å². The molecule has 0 fully saturated rings. The number of hydrogen-bond donors (Lipinski definition) is 3. The molecule has 0 bridgehead atoms. The van der Waals surface area contributed by atoms with Gasteiger partial charge in [-0.15, -0.1) is 0 Å². The Morgan fingerprint density at radius 2 is 1.95 bits per heavy atom. The van der Waals surface area contributed by atoms with Crippen molar-refractivity contribution < 1.29 is 18.4 Å². The van der Waals surface area contributed by atoms with Crippen LogP contribution in [0.15, 0.2) is 78.1 Å². The number of hydrogen-bond acceptors (Lipinski definition) is 4. The fourth-order valence-corrected chi connectivity index (χ4v) is 4.04. The molecule has 3 heterocycles. The highest BCUT2D eigenvalue weighted by Crippen LogP contribution is 2.33. The van der Waals surface area contributed by atoms with Crippen LogP contribution < -0.4 is 16.2 Å². The molecule has 0 spiro atoms. The van der Waals surface area contributed by atoms with E-state index in [1.165, 1.54) is 12.4 Å². The maximum absolute atomic E-state index is 13.5. The van der Waals surface area contributed by atoms with Crippen LogP contribution >= 0.6 is 0 Å². The third-order valence-corrected chi connectivity index (χ3v) is 5.92. The van der Waals surface area contributed by atoms with Gasteiger partial charge in [0.15, 0.2) is 11.6 Å². The lowest BCUT2D eigenvalue weighted by atomic mass is 10.0. The number of H-pyrrole nitrogens is 1. The topological polar surface area (TPSA) is 109 Å². The fraction of sp³-hybridized carbons (Fsp3) is 0.0714. The van der Waals surface area contributed by atoms with Crippen LogP contribution in [0.4, 0.5) is 14.5 Å². The molecule has 38 heavy (non-hydrogen) atoms. The molecule has 8 nitrogen and oxygen atoms in total. The number of aromatic amines is 1. The van der Waals surface area contributed by atoms with Crippen LogP contribution in [0, 0.1) is 11.6 Å². The van der Waals surface area contributed by atoms with Crippen molar-refractivity contribution in [2.24, 2.45) is 0 Å². The minimum absolute atomic E-state index is 0.0686. The Balaban J connectivity index is 1.22. The molecule has 0 unspecified atom stereocenters. The molecule has 2 aromatic carbocycles. The number of nitrogens with one attached hydrogen (secondary N) is 3. The van der Waals surface area contributed by atoms with Crippen molar-refractivity contribution in [3.63, 3.8) is 0 Å². The van der Waals surface area contributed by atoms with Gasteiger partial charge in [0.25, 0.3) is 17.4 Å². The number of nitrogens with zero attached hydrogens (tertiary/aromatic N) is 2. The van der Waals surface area contributed by atoms with E-state index in [9.17, 15) is 23.2 Å². The molecule has 5 rings (SSSR count). The van der Waals surface area contributed by atoms with Gasteiger partial charge in [-0.05, 0) is 47.5 Å². The van der Waals surface area contributed by atoms with Gasteiger partial charge in [0.1, 0.15) is 5.56 Å². The van der Waals surface area contributed by atoms with Crippen molar-refractivity contribution in [1.29, 1.82) is 0 Å². The normalized spacial score (nSPS) is 13.6. The van der Waals surface area contributed by atoms with E-state index in [1.54, 1.807) is 24.4 Å².